The SMILES string of the molecule is CC(C)(Br)C(=O)c1ccc(Cl)cc1.COc1nc(/C(N)=N/O)ccc1Br.COc1nc(/C(N)=N/O)ccc1Br.COc1nc(C2=NC(c3ccc(Cl)cc3)C(C)(C)ON2)ccc1Br.[K+].[OH-]. The first-order valence-electron chi connectivity index (χ1n) is 18.0. The fourth-order valence-electron chi connectivity index (χ4n) is 4.95. The van der Waals surface area contributed by atoms with Gasteiger partial charge in [0.25, 0.3) is 0 Å². The second-order valence-corrected chi connectivity index (χ2v) is 19.0. The number of oxime groups is 2. The van der Waals surface area contributed by atoms with Gasteiger partial charge in [-0.2, -0.15) is 0 Å². The molecule has 0 fully saturated rings. The number of aliphatic imine (C=N–C) groups is 1. The molecule has 1 unspecified atom stereocenters. The van der Waals surface area contributed by atoms with Crippen LogP contribution in [0.3, 0.4) is 0 Å². The normalized spacial score (nSPS) is 14.0. The molecule has 17 nitrogen and oxygen atoms in total. The molecule has 0 radical (unpaired) electrons. The van der Waals surface area contributed by atoms with E-state index in [0.717, 1.165) is 10.0 Å². The van der Waals surface area contributed by atoms with Gasteiger partial charge in [-0.15, -0.1) is 0 Å². The maximum absolute atomic E-state index is 11.7. The van der Waals surface area contributed by atoms with Gasteiger partial charge in [0.05, 0.1) is 39.1 Å². The number of ketones is 1. The Kier molecular flexibility index (Phi) is 26.2. The average Bonchev–Trinajstić information content (AvgIpc) is 3.27. The summed E-state index contributed by atoms with van der Waals surface area (Å²) in [6, 6.07) is 24.7. The van der Waals surface area contributed by atoms with Crippen molar-refractivity contribution in [2.24, 2.45) is 26.8 Å². The summed E-state index contributed by atoms with van der Waals surface area (Å²) < 4.78 is 16.8. The number of halogens is 6. The van der Waals surface area contributed by atoms with Crippen LogP contribution in [0.2, 0.25) is 10.0 Å². The van der Waals surface area contributed by atoms with E-state index >= 15 is 0 Å². The molecule has 8 N–H and O–H groups in total. The number of carbonyl (C=O) groups is 1. The summed E-state index contributed by atoms with van der Waals surface area (Å²) >= 11 is 24.9. The number of methoxy groups -OCH3 is 3. The number of benzene rings is 2. The Morgan fingerprint density at radius 3 is 1.54 bits per heavy atom. The van der Waals surface area contributed by atoms with Crippen LogP contribution in [0.1, 0.15) is 66.7 Å². The molecule has 24 heteroatoms. The van der Waals surface area contributed by atoms with Crippen molar-refractivity contribution in [3.8, 4) is 17.6 Å². The maximum atomic E-state index is 11.7. The van der Waals surface area contributed by atoms with E-state index in [9.17, 15) is 4.79 Å². The van der Waals surface area contributed by atoms with Crippen LogP contribution in [0, 0.1) is 0 Å². The number of Topliss-reactive ketones (excluding diaryl/α,β-unsaturated/α-hetero) is 1. The van der Waals surface area contributed by atoms with E-state index < -0.39 is 9.93 Å². The number of rotatable bonds is 9. The molecule has 1 aliphatic heterocycles. The number of ether oxygens (including phenoxy) is 3. The number of hydrogen-bond donors (Lipinski definition) is 5. The molecule has 344 valence electrons. The minimum absolute atomic E-state index is 0. The third kappa shape index (κ3) is 18.2. The molecule has 1 aliphatic rings. The molecule has 0 aliphatic carbocycles. The number of alkyl halides is 1. The average molecular weight is 1220 g/mol. The van der Waals surface area contributed by atoms with Crippen LogP contribution in [0.5, 0.6) is 17.6 Å². The van der Waals surface area contributed by atoms with Crippen molar-refractivity contribution in [2.45, 2.75) is 43.7 Å². The molecule has 0 saturated carbocycles. The first-order chi connectivity index (χ1) is 29.7. The van der Waals surface area contributed by atoms with Crippen molar-refractivity contribution in [3.05, 3.63) is 137 Å². The Labute approximate surface area is 462 Å². The van der Waals surface area contributed by atoms with Gasteiger partial charge in [-0.05, 0) is 154 Å². The predicted molar refractivity (Wildman–Crippen MR) is 260 cm³/mol. The molecule has 3 aromatic heterocycles. The van der Waals surface area contributed by atoms with Crippen molar-refractivity contribution >= 4 is 110 Å². The maximum Gasteiger partial charge on any atom is 1.00 e. The number of nitrogens with two attached hydrogens (primary N) is 2. The third-order valence-corrected chi connectivity index (χ3v) is 10.8. The van der Waals surface area contributed by atoms with Gasteiger partial charge in [0, 0.05) is 15.6 Å². The summed E-state index contributed by atoms with van der Waals surface area (Å²) in [5.74, 6) is 1.79. The predicted octanol–water partition coefficient (Wildman–Crippen LogP) is 6.73. The number of carbonyl (C=O) groups excluding carboxylic acids is 1. The van der Waals surface area contributed by atoms with Gasteiger partial charge in [0.2, 0.25) is 17.6 Å². The Morgan fingerprint density at radius 1 is 0.738 bits per heavy atom. The zero-order valence-electron chi connectivity index (χ0n) is 36.1. The van der Waals surface area contributed by atoms with Gasteiger partial charge in [-0.3, -0.25) is 14.6 Å². The summed E-state index contributed by atoms with van der Waals surface area (Å²) in [7, 11) is 4.55. The number of hydroxylamine groups is 1. The number of hydrogen-bond acceptors (Lipinski definition) is 15. The van der Waals surface area contributed by atoms with Crippen molar-refractivity contribution in [1.29, 1.82) is 0 Å². The second kappa shape index (κ2) is 28.4. The zero-order chi connectivity index (χ0) is 47.1. The van der Waals surface area contributed by atoms with Crippen LogP contribution >= 0.6 is 86.9 Å². The number of aromatic nitrogens is 3. The molecule has 0 amide bonds. The molecule has 5 aromatic rings. The summed E-state index contributed by atoms with van der Waals surface area (Å²) in [6.07, 6.45) is 0. The minimum atomic E-state index is -0.517. The number of nitrogens with zero attached hydrogens (tertiary/aromatic N) is 6. The monoisotopic (exact) mass is 1210 g/mol. The quantitative estimate of drug-likeness (QED) is 0.0195. The van der Waals surface area contributed by atoms with Gasteiger partial charge < -0.3 is 41.6 Å². The van der Waals surface area contributed by atoms with E-state index in [2.05, 4.69) is 94.5 Å². The van der Waals surface area contributed by atoms with E-state index in [-0.39, 0.29) is 80.4 Å². The molecular formula is C41H44Br4Cl2KN9O8. The van der Waals surface area contributed by atoms with Gasteiger partial charge >= 0.3 is 51.4 Å². The van der Waals surface area contributed by atoms with Gasteiger partial charge in [0.15, 0.2) is 23.3 Å². The summed E-state index contributed by atoms with van der Waals surface area (Å²) in [5, 5.41) is 23.8. The fourth-order valence-corrected chi connectivity index (χ4v) is 6.58. The topological polar surface area (TPSA) is 264 Å². The van der Waals surface area contributed by atoms with Crippen molar-refractivity contribution in [3.63, 3.8) is 0 Å². The third-order valence-electron chi connectivity index (χ3n) is 8.16. The summed E-state index contributed by atoms with van der Waals surface area (Å²) in [4.78, 5) is 34.7. The number of nitrogens with one attached hydrogen (secondary N) is 1. The molecule has 0 saturated heterocycles. The van der Waals surface area contributed by atoms with E-state index in [0.29, 0.717) is 65.1 Å². The van der Waals surface area contributed by atoms with Gasteiger partial charge in [-0.1, -0.05) is 61.6 Å². The van der Waals surface area contributed by atoms with Crippen LogP contribution in [-0.2, 0) is 4.84 Å². The molecule has 0 bridgehead atoms. The van der Waals surface area contributed by atoms with E-state index in [1.165, 1.54) is 14.2 Å². The fraction of sp³-hybridized carbons (Fsp3) is 0.244. The van der Waals surface area contributed by atoms with E-state index in [4.69, 9.17) is 69.1 Å². The Hall–Kier alpha value is -2.97. The molecule has 65 heavy (non-hydrogen) atoms. The van der Waals surface area contributed by atoms with Crippen LogP contribution in [0.4, 0.5) is 0 Å². The Bertz CT molecular complexity index is 2370. The van der Waals surface area contributed by atoms with Crippen LogP contribution in [0.25, 0.3) is 0 Å². The number of pyridine rings is 3. The minimum Gasteiger partial charge on any atom is -0.870 e. The molecule has 2 aromatic carbocycles. The number of amidine groups is 3. The van der Waals surface area contributed by atoms with Crippen molar-refractivity contribution in [2.75, 3.05) is 21.3 Å². The van der Waals surface area contributed by atoms with E-state index in [1.807, 2.05) is 64.1 Å². The Balaban J connectivity index is 0.000000450. The molecular weight excluding hydrogens is 1180 g/mol. The first-order valence-corrected chi connectivity index (χ1v) is 22.0. The smallest absolute Gasteiger partial charge is 0.870 e. The standard InChI is InChI=1S/C17H17BrClN3O2.C10H10BrClO.2C7H8BrN3O2.K.H2O/c1-17(2)14(10-4-6-11(19)7-5-10)21-15(22-24-17)13-9-8-12(18)16(20-13)23-3;1-10(2,11)9(13)7-3-5-8(12)6-4-7;2*1-13-7-4(8)2-3-5(10-7)6(9)11-12;;/h4-9,14H,1-3H3,(H,21,22);3-6H,1-2H3;2*2-3,12H,1H3,(H2,9,11);;1H2/q;;;;+1;/p-1. The van der Waals surface area contributed by atoms with Crippen LogP contribution < -0.4 is 82.5 Å². The second-order valence-electron chi connectivity index (χ2n) is 13.6. The molecule has 1 atom stereocenters. The molecule has 4 heterocycles. The largest absolute Gasteiger partial charge is 1.00 e. The zero-order valence-corrected chi connectivity index (χ0v) is 47.1. The molecule has 6 rings (SSSR count). The van der Waals surface area contributed by atoms with Crippen molar-refractivity contribution < 1.29 is 91.1 Å². The summed E-state index contributed by atoms with van der Waals surface area (Å²) in [6.45, 7) is 7.61. The van der Waals surface area contributed by atoms with Gasteiger partial charge in [-0.25, -0.2) is 20.4 Å². The molecule has 0 spiro atoms. The summed E-state index contributed by atoms with van der Waals surface area (Å²) in [5.41, 5.74) is 16.1. The van der Waals surface area contributed by atoms with E-state index in [1.54, 1.807) is 55.6 Å². The van der Waals surface area contributed by atoms with Crippen LogP contribution in [0.15, 0.2) is 114 Å². The van der Waals surface area contributed by atoms with Gasteiger partial charge in [0.1, 0.15) is 28.7 Å². The first kappa shape index (κ1) is 60.0. The van der Waals surface area contributed by atoms with Crippen LogP contribution in [-0.4, -0.2) is 85.4 Å². The Morgan fingerprint density at radius 2 is 1.14 bits per heavy atom. The van der Waals surface area contributed by atoms with Crippen molar-refractivity contribution in [1.82, 2.24) is 20.4 Å².